The number of Topliss-reactive ketones (excluding diaryl/α,β-unsaturated/α-hetero) is 1. The number of allylic oxidation sites excluding steroid dienone is 20. The molecule has 0 aromatic rings. The standard InChI is InChI=1S/C21H32O.C20H30O2.2CH4/c1-3-4-5-6-7-8-9-10-11-12-13-14-15-16-17-18-19-20-21(2)22;1-2-3-4-5-6-7-8-9-10-11-12-13-14-15-16-17-18-19-20(21)22;;/h4-5,7-8,10-11,13-14,16-17H,3,6,9,12,15,18-20H2,1-2H3;3-4,6-7,9-10,12-13,15-16H,2,5,8,11,14,17-19H2,1H3,(H,21,22);2*1H4/b5-4-,8-7-,11-10-,14-13-,17-16-;4-3-,7-6-,10-9-,13-12-,16-15-;;. The molecule has 0 atom stereocenters. The second-order valence-electron chi connectivity index (χ2n) is 10.3. The van der Waals surface area contributed by atoms with Crippen molar-refractivity contribution in [2.24, 2.45) is 0 Å². The maximum Gasteiger partial charge on any atom is 0.303 e. The maximum absolute atomic E-state index is 10.8. The van der Waals surface area contributed by atoms with Crippen molar-refractivity contribution in [2.75, 3.05) is 0 Å². The summed E-state index contributed by atoms with van der Waals surface area (Å²) in [5.41, 5.74) is 0. The third-order valence-electron chi connectivity index (χ3n) is 5.98. The molecule has 0 radical (unpaired) electrons. The van der Waals surface area contributed by atoms with Crippen LogP contribution in [0.15, 0.2) is 122 Å². The first-order chi connectivity index (χ1) is 21.5. The van der Waals surface area contributed by atoms with Crippen LogP contribution in [0.25, 0.3) is 0 Å². The summed E-state index contributed by atoms with van der Waals surface area (Å²) in [6.45, 7) is 5.95. The number of unbranched alkanes of at least 4 members (excludes halogenated alkanes) is 2. The van der Waals surface area contributed by atoms with E-state index in [1.165, 1.54) is 0 Å². The van der Waals surface area contributed by atoms with Crippen molar-refractivity contribution in [3.05, 3.63) is 122 Å². The SMILES string of the molecule is C.C.CC/C=C\C/C=C\C/C=C\C/C=C\C/C=C\CCCC(=O)O.CC/C=C\C/C=C\C/C=C\C/C=C\C/C=C\CCCC(C)=O. The number of carbonyl (C=O) groups excluding carboxylic acids is 1. The molecule has 0 amide bonds. The number of carboxylic acid groups (broad SMARTS) is 1. The fraction of sp³-hybridized carbons (Fsp3) is 0.488. The lowest BCUT2D eigenvalue weighted by Crippen LogP contribution is -1.92. The van der Waals surface area contributed by atoms with E-state index >= 15 is 0 Å². The second kappa shape index (κ2) is 46.0. The number of carbonyl (C=O) groups is 2. The van der Waals surface area contributed by atoms with Gasteiger partial charge in [0, 0.05) is 12.8 Å². The number of aliphatic carboxylic acids is 1. The van der Waals surface area contributed by atoms with Gasteiger partial charge in [-0.2, -0.15) is 0 Å². The Morgan fingerprint density at radius 1 is 0.413 bits per heavy atom. The predicted octanol–water partition coefficient (Wildman–Crippen LogP) is 13.8. The summed E-state index contributed by atoms with van der Waals surface area (Å²) in [7, 11) is 0. The number of hydrogen-bond acceptors (Lipinski definition) is 2. The highest BCUT2D eigenvalue weighted by atomic mass is 16.4. The van der Waals surface area contributed by atoms with Gasteiger partial charge in [0.1, 0.15) is 5.78 Å². The highest BCUT2D eigenvalue weighted by molar-refractivity contribution is 5.75. The molecule has 0 rings (SSSR count). The van der Waals surface area contributed by atoms with Crippen LogP contribution < -0.4 is 0 Å². The molecule has 0 aliphatic heterocycles. The van der Waals surface area contributed by atoms with Gasteiger partial charge >= 0.3 is 5.97 Å². The molecule has 3 nitrogen and oxygen atoms in total. The van der Waals surface area contributed by atoms with Crippen LogP contribution in [0.4, 0.5) is 0 Å². The predicted molar refractivity (Wildman–Crippen MR) is 208 cm³/mol. The number of ketones is 1. The molecular weight excluding hydrogens is 564 g/mol. The molecule has 0 bridgehead atoms. The van der Waals surface area contributed by atoms with E-state index in [4.69, 9.17) is 5.11 Å². The number of carboxylic acids is 1. The minimum absolute atomic E-state index is 0. The van der Waals surface area contributed by atoms with Gasteiger partial charge in [-0.15, -0.1) is 0 Å². The molecule has 0 saturated heterocycles. The largest absolute Gasteiger partial charge is 0.481 e. The van der Waals surface area contributed by atoms with E-state index in [0.717, 1.165) is 89.9 Å². The van der Waals surface area contributed by atoms with Gasteiger partial charge in [-0.1, -0.05) is 150 Å². The Labute approximate surface area is 285 Å². The van der Waals surface area contributed by atoms with Crippen LogP contribution in [0.3, 0.4) is 0 Å². The number of rotatable bonds is 26. The Morgan fingerprint density at radius 2 is 0.652 bits per heavy atom. The fourth-order valence-electron chi connectivity index (χ4n) is 3.58. The Morgan fingerprint density at radius 3 is 0.891 bits per heavy atom. The summed E-state index contributed by atoms with van der Waals surface area (Å²) in [4.78, 5) is 21.1. The average molecular weight is 635 g/mol. The third kappa shape index (κ3) is 53.1. The van der Waals surface area contributed by atoms with E-state index in [9.17, 15) is 9.59 Å². The molecule has 260 valence electrons. The van der Waals surface area contributed by atoms with E-state index in [1.807, 2.05) is 0 Å². The molecule has 0 aliphatic carbocycles. The van der Waals surface area contributed by atoms with Crippen molar-refractivity contribution in [3.8, 4) is 0 Å². The molecule has 0 aromatic heterocycles. The molecular formula is C43H70O3. The van der Waals surface area contributed by atoms with E-state index < -0.39 is 5.97 Å². The summed E-state index contributed by atoms with van der Waals surface area (Å²) in [6.07, 6.45) is 58.3. The Bertz CT molecular complexity index is 871. The van der Waals surface area contributed by atoms with Crippen LogP contribution in [0.5, 0.6) is 0 Å². The van der Waals surface area contributed by atoms with E-state index in [-0.39, 0.29) is 27.1 Å². The molecule has 3 heteroatoms. The zero-order chi connectivity index (χ0) is 32.6. The van der Waals surface area contributed by atoms with E-state index in [1.54, 1.807) is 6.92 Å². The maximum atomic E-state index is 10.8. The van der Waals surface area contributed by atoms with Crippen molar-refractivity contribution in [2.45, 2.75) is 138 Å². The topological polar surface area (TPSA) is 54.4 Å². The summed E-state index contributed by atoms with van der Waals surface area (Å²) < 4.78 is 0. The van der Waals surface area contributed by atoms with Crippen LogP contribution in [-0.2, 0) is 9.59 Å². The molecule has 1 N–H and O–H groups in total. The van der Waals surface area contributed by atoms with Crippen molar-refractivity contribution in [1.82, 2.24) is 0 Å². The Kier molecular flexibility index (Phi) is 49.4. The fourth-order valence-corrected chi connectivity index (χ4v) is 3.58. The summed E-state index contributed by atoms with van der Waals surface area (Å²) in [5, 5.41) is 8.49. The normalized spacial score (nSPS) is 12.2. The minimum atomic E-state index is -0.715. The molecule has 46 heavy (non-hydrogen) atoms. The molecule has 0 spiro atoms. The highest BCUT2D eigenvalue weighted by Gasteiger charge is 1.92. The lowest BCUT2D eigenvalue weighted by atomic mass is 10.2. The van der Waals surface area contributed by atoms with Crippen LogP contribution in [0.1, 0.15) is 138 Å². The second-order valence-corrected chi connectivity index (χ2v) is 10.3. The van der Waals surface area contributed by atoms with Gasteiger partial charge in [0.2, 0.25) is 0 Å². The first kappa shape index (κ1) is 49.4. The lowest BCUT2D eigenvalue weighted by Gasteiger charge is -1.90. The van der Waals surface area contributed by atoms with Crippen LogP contribution in [0.2, 0.25) is 0 Å². The van der Waals surface area contributed by atoms with Gasteiger partial charge in [-0.25, -0.2) is 0 Å². The number of hydrogen-bond donors (Lipinski definition) is 1. The summed E-state index contributed by atoms with van der Waals surface area (Å²) in [5.74, 6) is -0.431. The Hall–Kier alpha value is -3.46. The van der Waals surface area contributed by atoms with Crippen molar-refractivity contribution in [1.29, 1.82) is 0 Å². The summed E-state index contributed by atoms with van der Waals surface area (Å²) in [6, 6.07) is 0. The smallest absolute Gasteiger partial charge is 0.303 e. The molecule has 0 aromatic carbocycles. The zero-order valence-electron chi connectivity index (χ0n) is 28.1. The van der Waals surface area contributed by atoms with Crippen LogP contribution in [0, 0.1) is 0 Å². The Balaban J connectivity index is -0.000000367. The van der Waals surface area contributed by atoms with Gasteiger partial charge < -0.3 is 9.90 Å². The molecule has 0 heterocycles. The van der Waals surface area contributed by atoms with E-state index in [0.29, 0.717) is 6.42 Å². The first-order valence-corrected chi connectivity index (χ1v) is 16.8. The van der Waals surface area contributed by atoms with Crippen LogP contribution in [-0.4, -0.2) is 16.9 Å². The van der Waals surface area contributed by atoms with Crippen molar-refractivity contribution < 1.29 is 14.7 Å². The van der Waals surface area contributed by atoms with E-state index in [2.05, 4.69) is 135 Å². The lowest BCUT2D eigenvalue weighted by molar-refractivity contribution is -0.137. The third-order valence-corrected chi connectivity index (χ3v) is 5.98. The van der Waals surface area contributed by atoms with Gasteiger partial charge in [-0.3, -0.25) is 4.79 Å². The quantitative estimate of drug-likeness (QED) is 0.0761. The van der Waals surface area contributed by atoms with Crippen LogP contribution >= 0.6 is 0 Å². The minimum Gasteiger partial charge on any atom is -0.481 e. The van der Waals surface area contributed by atoms with Gasteiger partial charge in [0.15, 0.2) is 0 Å². The summed E-state index contributed by atoms with van der Waals surface area (Å²) >= 11 is 0. The first-order valence-electron chi connectivity index (χ1n) is 16.8. The zero-order valence-corrected chi connectivity index (χ0v) is 28.1. The van der Waals surface area contributed by atoms with Gasteiger partial charge in [-0.05, 0) is 96.8 Å². The molecule has 0 saturated carbocycles. The molecule has 0 fully saturated rings. The molecule has 0 aliphatic rings. The average Bonchev–Trinajstić information content (AvgIpc) is 3.00. The van der Waals surface area contributed by atoms with Crippen molar-refractivity contribution in [3.63, 3.8) is 0 Å². The highest BCUT2D eigenvalue weighted by Crippen LogP contribution is 2.01. The van der Waals surface area contributed by atoms with Crippen molar-refractivity contribution >= 4 is 11.8 Å². The monoisotopic (exact) mass is 635 g/mol. The van der Waals surface area contributed by atoms with Gasteiger partial charge in [0.25, 0.3) is 0 Å². The van der Waals surface area contributed by atoms with Gasteiger partial charge in [0.05, 0.1) is 0 Å². The molecule has 0 unspecified atom stereocenters.